The fraction of sp³-hybridized carbons (Fsp3) is 0.643. The molecule has 1 saturated heterocycles. The van der Waals surface area contributed by atoms with Gasteiger partial charge < -0.3 is 4.90 Å². The molecular weight excluding hydrogens is 293 g/mol. The molecule has 0 bridgehead atoms. The fourth-order valence-electron chi connectivity index (χ4n) is 2.54. The van der Waals surface area contributed by atoms with Gasteiger partial charge >= 0.3 is 0 Å². The van der Waals surface area contributed by atoms with Crippen molar-refractivity contribution in [2.24, 2.45) is 5.92 Å². The summed E-state index contributed by atoms with van der Waals surface area (Å²) < 4.78 is 40.0. The first-order valence-electron chi connectivity index (χ1n) is 7.31. The molecule has 0 saturated carbocycles. The van der Waals surface area contributed by atoms with Gasteiger partial charge in [0.25, 0.3) is 10.0 Å². The molecule has 2 rings (SSSR count). The summed E-state index contributed by atoms with van der Waals surface area (Å²) >= 11 is 0. The molecule has 2 heterocycles. The third-order valence-electron chi connectivity index (χ3n) is 3.62. The first-order chi connectivity index (χ1) is 9.99. The van der Waals surface area contributed by atoms with E-state index in [-0.39, 0.29) is 12.5 Å². The summed E-state index contributed by atoms with van der Waals surface area (Å²) in [5.41, 5.74) is 0. The molecule has 1 atom stereocenters. The minimum atomic E-state index is -3.88. The summed E-state index contributed by atoms with van der Waals surface area (Å²) in [4.78, 5) is 5.96. The Labute approximate surface area is 125 Å². The van der Waals surface area contributed by atoms with Crippen LogP contribution in [0.1, 0.15) is 26.2 Å². The number of rotatable bonds is 6. The van der Waals surface area contributed by atoms with Gasteiger partial charge in [-0.05, 0) is 44.0 Å². The molecule has 1 aliphatic rings. The van der Waals surface area contributed by atoms with Gasteiger partial charge in [-0.1, -0.05) is 13.3 Å². The standard InChI is InChI=1S/C14H22FN3O2S/c1-12(11-18-8-3-2-4-9-18)10-17-21(19,20)14-13(15)6-5-7-16-14/h5-7,12,17H,2-4,8-11H2,1H3. The van der Waals surface area contributed by atoms with Gasteiger partial charge in [-0.3, -0.25) is 0 Å². The molecule has 0 aromatic carbocycles. The number of pyridine rings is 1. The van der Waals surface area contributed by atoms with Gasteiger partial charge in [0.1, 0.15) is 0 Å². The lowest BCUT2D eigenvalue weighted by molar-refractivity contribution is 0.201. The van der Waals surface area contributed by atoms with Crippen molar-refractivity contribution >= 4 is 10.0 Å². The smallest absolute Gasteiger partial charge is 0.261 e. The number of likely N-dealkylation sites (tertiary alicyclic amines) is 1. The van der Waals surface area contributed by atoms with E-state index < -0.39 is 20.9 Å². The van der Waals surface area contributed by atoms with E-state index in [4.69, 9.17) is 0 Å². The molecule has 0 amide bonds. The number of nitrogens with one attached hydrogen (secondary N) is 1. The highest BCUT2D eigenvalue weighted by Gasteiger charge is 2.21. The van der Waals surface area contributed by atoms with Gasteiger partial charge in [-0.2, -0.15) is 0 Å². The maximum Gasteiger partial charge on any atom is 0.261 e. The lowest BCUT2D eigenvalue weighted by Gasteiger charge is -2.29. The van der Waals surface area contributed by atoms with Crippen molar-refractivity contribution in [3.8, 4) is 0 Å². The van der Waals surface area contributed by atoms with Crippen molar-refractivity contribution < 1.29 is 12.8 Å². The van der Waals surface area contributed by atoms with Crippen LogP contribution >= 0.6 is 0 Å². The van der Waals surface area contributed by atoms with Crippen LogP contribution in [0.15, 0.2) is 23.4 Å². The van der Waals surface area contributed by atoms with Crippen molar-refractivity contribution in [1.29, 1.82) is 0 Å². The minimum Gasteiger partial charge on any atom is -0.303 e. The molecule has 1 fully saturated rings. The second kappa shape index (κ2) is 7.29. The summed E-state index contributed by atoms with van der Waals surface area (Å²) in [5, 5.41) is -0.532. The molecular formula is C14H22FN3O2S. The van der Waals surface area contributed by atoms with E-state index in [1.807, 2.05) is 6.92 Å². The van der Waals surface area contributed by atoms with Gasteiger partial charge in [0.2, 0.25) is 5.03 Å². The summed E-state index contributed by atoms with van der Waals surface area (Å²) in [7, 11) is -3.88. The highest BCUT2D eigenvalue weighted by molar-refractivity contribution is 7.89. The third kappa shape index (κ3) is 4.72. The quantitative estimate of drug-likeness (QED) is 0.866. The third-order valence-corrected chi connectivity index (χ3v) is 4.98. The average Bonchev–Trinajstić information content (AvgIpc) is 2.47. The lowest BCUT2D eigenvalue weighted by Crippen LogP contribution is -2.38. The van der Waals surface area contributed by atoms with Crippen molar-refractivity contribution in [3.05, 3.63) is 24.1 Å². The minimum absolute atomic E-state index is 0.171. The fourth-order valence-corrected chi connectivity index (χ4v) is 3.70. The van der Waals surface area contributed by atoms with Crippen LogP contribution in [0.3, 0.4) is 0 Å². The maximum atomic E-state index is 13.5. The molecule has 1 aliphatic heterocycles. The number of hydrogen-bond donors (Lipinski definition) is 1. The Morgan fingerprint density at radius 2 is 2.10 bits per heavy atom. The number of halogens is 1. The molecule has 1 aromatic rings. The highest BCUT2D eigenvalue weighted by Crippen LogP contribution is 2.12. The number of aromatic nitrogens is 1. The van der Waals surface area contributed by atoms with E-state index in [0.29, 0.717) is 0 Å². The molecule has 118 valence electrons. The van der Waals surface area contributed by atoms with Gasteiger partial charge in [-0.25, -0.2) is 22.5 Å². The lowest BCUT2D eigenvalue weighted by atomic mass is 10.1. The van der Waals surface area contributed by atoms with E-state index in [9.17, 15) is 12.8 Å². The van der Waals surface area contributed by atoms with Crippen LogP contribution in [0.4, 0.5) is 4.39 Å². The first-order valence-corrected chi connectivity index (χ1v) is 8.80. The van der Waals surface area contributed by atoms with Crippen molar-refractivity contribution in [1.82, 2.24) is 14.6 Å². The Bertz CT molecular complexity index is 559. The van der Waals surface area contributed by atoms with Crippen LogP contribution in [-0.4, -0.2) is 44.5 Å². The largest absolute Gasteiger partial charge is 0.303 e. The summed E-state index contributed by atoms with van der Waals surface area (Å²) in [6.45, 7) is 5.28. The first kappa shape index (κ1) is 16.3. The topological polar surface area (TPSA) is 62.3 Å². The zero-order valence-corrected chi connectivity index (χ0v) is 13.1. The van der Waals surface area contributed by atoms with Crippen molar-refractivity contribution in [3.63, 3.8) is 0 Å². The van der Waals surface area contributed by atoms with E-state index in [1.165, 1.54) is 31.5 Å². The Morgan fingerprint density at radius 1 is 1.38 bits per heavy atom. The summed E-state index contributed by atoms with van der Waals surface area (Å²) in [5.74, 6) is -0.654. The van der Waals surface area contributed by atoms with Crippen LogP contribution < -0.4 is 4.72 Å². The number of hydrogen-bond acceptors (Lipinski definition) is 4. The van der Waals surface area contributed by atoms with Crippen molar-refractivity contribution in [2.45, 2.75) is 31.2 Å². The van der Waals surface area contributed by atoms with Crippen LogP contribution in [0.5, 0.6) is 0 Å². The molecule has 21 heavy (non-hydrogen) atoms. The number of sulfonamides is 1. The highest BCUT2D eigenvalue weighted by atomic mass is 32.2. The Hall–Kier alpha value is -1.05. The molecule has 1 unspecified atom stereocenters. The Morgan fingerprint density at radius 3 is 2.76 bits per heavy atom. The SMILES string of the molecule is CC(CNS(=O)(=O)c1ncccc1F)CN1CCCCC1. The molecule has 0 spiro atoms. The molecule has 0 aliphatic carbocycles. The van der Waals surface area contributed by atoms with Gasteiger partial charge in [-0.15, -0.1) is 0 Å². The molecule has 1 N–H and O–H groups in total. The molecule has 7 heteroatoms. The predicted octanol–water partition coefficient (Wildman–Crippen LogP) is 1.62. The second-order valence-corrected chi connectivity index (χ2v) is 7.29. The molecule has 0 radical (unpaired) electrons. The van der Waals surface area contributed by atoms with Crippen LogP contribution in [-0.2, 0) is 10.0 Å². The number of nitrogens with zero attached hydrogens (tertiary/aromatic N) is 2. The average molecular weight is 315 g/mol. The monoisotopic (exact) mass is 315 g/mol. The number of piperidine rings is 1. The maximum absolute atomic E-state index is 13.5. The van der Waals surface area contributed by atoms with Crippen LogP contribution in [0, 0.1) is 11.7 Å². The van der Waals surface area contributed by atoms with Gasteiger partial charge in [0.15, 0.2) is 5.82 Å². The van der Waals surface area contributed by atoms with Crippen LogP contribution in [0.25, 0.3) is 0 Å². The van der Waals surface area contributed by atoms with Gasteiger partial charge in [0.05, 0.1) is 0 Å². The second-order valence-electron chi connectivity index (χ2n) is 5.61. The van der Waals surface area contributed by atoms with Crippen LogP contribution in [0.2, 0.25) is 0 Å². The molecule has 1 aromatic heterocycles. The van der Waals surface area contributed by atoms with E-state index in [1.54, 1.807) is 0 Å². The summed E-state index contributed by atoms with van der Waals surface area (Å²) in [6, 6.07) is 2.46. The summed E-state index contributed by atoms with van der Waals surface area (Å²) in [6.07, 6.45) is 4.96. The normalized spacial score (nSPS) is 18.6. The van der Waals surface area contributed by atoms with E-state index in [0.717, 1.165) is 25.7 Å². The van der Waals surface area contributed by atoms with E-state index in [2.05, 4.69) is 14.6 Å². The zero-order valence-electron chi connectivity index (χ0n) is 12.3. The predicted molar refractivity (Wildman–Crippen MR) is 78.8 cm³/mol. The Kier molecular flexibility index (Phi) is 5.66. The van der Waals surface area contributed by atoms with E-state index >= 15 is 0 Å². The van der Waals surface area contributed by atoms with Gasteiger partial charge in [0, 0.05) is 19.3 Å². The zero-order chi connectivity index (χ0) is 15.3. The Balaban J connectivity index is 1.88. The van der Waals surface area contributed by atoms with Crippen molar-refractivity contribution in [2.75, 3.05) is 26.2 Å². The molecule has 5 nitrogen and oxygen atoms in total.